The van der Waals surface area contributed by atoms with E-state index in [0.717, 1.165) is 45.0 Å². The van der Waals surface area contributed by atoms with Gasteiger partial charge in [0, 0.05) is 32.8 Å². The van der Waals surface area contributed by atoms with Crippen LogP contribution in [0.4, 0.5) is 0 Å². The van der Waals surface area contributed by atoms with Crippen molar-refractivity contribution >= 4 is 35.8 Å². The Morgan fingerprint density at radius 3 is 2.76 bits per heavy atom. The van der Waals surface area contributed by atoms with Crippen LogP contribution in [0, 0.1) is 0 Å². The predicted molar refractivity (Wildman–Crippen MR) is 122 cm³/mol. The van der Waals surface area contributed by atoms with Crippen LogP contribution in [0.3, 0.4) is 0 Å². The third kappa shape index (κ3) is 6.71. The third-order valence-corrected chi connectivity index (χ3v) is 4.92. The first-order valence-corrected chi connectivity index (χ1v) is 10.0. The second kappa shape index (κ2) is 12.2. The van der Waals surface area contributed by atoms with E-state index in [1.165, 1.54) is 6.07 Å². The molecule has 0 aromatic heterocycles. The van der Waals surface area contributed by atoms with E-state index in [9.17, 15) is 9.90 Å². The van der Waals surface area contributed by atoms with E-state index < -0.39 is 0 Å². The molecule has 29 heavy (non-hydrogen) atoms. The molecule has 1 aromatic carbocycles. The Balaban J connectivity index is 0.00000300. The molecule has 1 amide bonds. The number of halogens is 1. The highest BCUT2D eigenvalue weighted by Crippen LogP contribution is 2.21. The van der Waals surface area contributed by atoms with Gasteiger partial charge in [0.1, 0.15) is 11.9 Å². The number of guanidine groups is 1. The van der Waals surface area contributed by atoms with E-state index in [2.05, 4.69) is 20.5 Å². The predicted octanol–water partition coefficient (Wildman–Crippen LogP) is 1.59. The van der Waals surface area contributed by atoms with Gasteiger partial charge < -0.3 is 30.1 Å². The molecule has 8 nitrogen and oxygen atoms in total. The Labute approximate surface area is 189 Å². The first-order valence-electron chi connectivity index (χ1n) is 10.0. The highest BCUT2D eigenvalue weighted by molar-refractivity contribution is 14.0. The maximum absolute atomic E-state index is 12.2. The van der Waals surface area contributed by atoms with Crippen molar-refractivity contribution < 1.29 is 19.4 Å². The van der Waals surface area contributed by atoms with Gasteiger partial charge in [0.2, 0.25) is 0 Å². The third-order valence-electron chi connectivity index (χ3n) is 4.92. The number of ether oxygens (including phenoxy) is 2. The van der Waals surface area contributed by atoms with Crippen molar-refractivity contribution in [3.63, 3.8) is 0 Å². The number of carbonyl (C=O) groups is 1. The minimum atomic E-state index is -0.303. The Morgan fingerprint density at radius 1 is 1.24 bits per heavy atom. The average Bonchev–Trinajstić information content (AvgIpc) is 3.25. The lowest BCUT2D eigenvalue weighted by Crippen LogP contribution is -2.53. The van der Waals surface area contributed by atoms with Gasteiger partial charge in [0.15, 0.2) is 5.96 Å². The van der Waals surface area contributed by atoms with E-state index in [0.29, 0.717) is 19.7 Å². The zero-order valence-electron chi connectivity index (χ0n) is 16.8. The summed E-state index contributed by atoms with van der Waals surface area (Å²) in [6.45, 7) is 6.64. The number of nitrogens with one attached hydrogen (secondary N) is 2. The molecule has 2 fully saturated rings. The molecule has 0 radical (unpaired) electrons. The first-order chi connectivity index (χ1) is 13.7. The van der Waals surface area contributed by atoms with Crippen molar-refractivity contribution in [1.29, 1.82) is 0 Å². The standard InChI is InChI=1S/C20H30N4O4.HI/c1-2-21-20(24-11-13-28-18(14-24)17-8-5-12-27-17)23-10-9-22-19(26)15-6-3-4-7-16(15)25;/h3-4,6-7,17-18,25H,2,5,8-14H2,1H3,(H,21,23)(H,22,26);1H. The molecule has 3 N–H and O–H groups in total. The van der Waals surface area contributed by atoms with E-state index >= 15 is 0 Å². The Bertz CT molecular complexity index is 682. The van der Waals surface area contributed by atoms with Crippen molar-refractivity contribution in [2.45, 2.75) is 32.0 Å². The lowest BCUT2D eigenvalue weighted by Gasteiger charge is -2.37. The number of hydrogen-bond acceptors (Lipinski definition) is 5. The number of benzene rings is 1. The summed E-state index contributed by atoms with van der Waals surface area (Å²) in [7, 11) is 0. The lowest BCUT2D eigenvalue weighted by molar-refractivity contribution is -0.0817. The number of phenols is 1. The first kappa shape index (κ1) is 23.7. The van der Waals surface area contributed by atoms with Gasteiger partial charge in [-0.05, 0) is 31.9 Å². The van der Waals surface area contributed by atoms with Crippen molar-refractivity contribution in [1.82, 2.24) is 15.5 Å². The molecular weight excluding hydrogens is 487 g/mol. The number of rotatable bonds is 6. The van der Waals surface area contributed by atoms with E-state index in [-0.39, 0.29) is 53.4 Å². The number of aliphatic imine (C=N–C) groups is 1. The number of phenolic OH excluding ortho intramolecular Hbond substituents is 1. The van der Waals surface area contributed by atoms with Crippen molar-refractivity contribution in [2.75, 3.05) is 45.9 Å². The second-order valence-corrected chi connectivity index (χ2v) is 6.92. The van der Waals surface area contributed by atoms with Crippen LogP contribution in [-0.4, -0.2) is 80.0 Å². The van der Waals surface area contributed by atoms with E-state index in [4.69, 9.17) is 9.47 Å². The zero-order chi connectivity index (χ0) is 19.8. The fraction of sp³-hybridized carbons (Fsp3) is 0.600. The summed E-state index contributed by atoms with van der Waals surface area (Å²) in [4.78, 5) is 19.0. The monoisotopic (exact) mass is 518 g/mol. The number of aromatic hydroxyl groups is 1. The van der Waals surface area contributed by atoms with Crippen LogP contribution >= 0.6 is 24.0 Å². The smallest absolute Gasteiger partial charge is 0.255 e. The van der Waals surface area contributed by atoms with Gasteiger partial charge in [-0.25, -0.2) is 0 Å². The van der Waals surface area contributed by atoms with Gasteiger partial charge in [-0.3, -0.25) is 9.79 Å². The molecule has 2 heterocycles. The summed E-state index contributed by atoms with van der Waals surface area (Å²) in [5.41, 5.74) is 0.269. The Morgan fingerprint density at radius 2 is 2.03 bits per heavy atom. The number of morpholine rings is 1. The summed E-state index contributed by atoms with van der Waals surface area (Å²) in [6, 6.07) is 6.50. The van der Waals surface area contributed by atoms with Crippen LogP contribution in [0.1, 0.15) is 30.1 Å². The molecule has 2 aliphatic rings. The number of para-hydroxylation sites is 1. The van der Waals surface area contributed by atoms with Gasteiger partial charge in [-0.1, -0.05) is 12.1 Å². The maximum Gasteiger partial charge on any atom is 0.255 e. The molecule has 1 aromatic rings. The quantitative estimate of drug-likeness (QED) is 0.229. The molecule has 9 heteroatoms. The topological polar surface area (TPSA) is 95.4 Å². The Kier molecular flexibility index (Phi) is 9.95. The highest BCUT2D eigenvalue weighted by Gasteiger charge is 2.32. The summed E-state index contributed by atoms with van der Waals surface area (Å²) >= 11 is 0. The molecule has 2 saturated heterocycles. The number of carbonyl (C=O) groups excluding carboxylic acids is 1. The molecule has 2 aliphatic heterocycles. The van der Waals surface area contributed by atoms with Gasteiger partial charge in [0.05, 0.1) is 24.8 Å². The zero-order valence-corrected chi connectivity index (χ0v) is 19.1. The fourth-order valence-electron chi connectivity index (χ4n) is 3.51. The van der Waals surface area contributed by atoms with Crippen LogP contribution in [-0.2, 0) is 9.47 Å². The van der Waals surface area contributed by atoms with Gasteiger partial charge in [-0.15, -0.1) is 24.0 Å². The maximum atomic E-state index is 12.2. The molecule has 2 atom stereocenters. The Hall–Kier alpha value is -1.59. The number of amides is 1. The summed E-state index contributed by atoms with van der Waals surface area (Å²) in [5.74, 6) is 0.499. The number of nitrogens with zero attached hydrogens (tertiary/aromatic N) is 2. The highest BCUT2D eigenvalue weighted by atomic mass is 127. The van der Waals surface area contributed by atoms with E-state index in [1.54, 1.807) is 18.2 Å². The molecule has 2 unspecified atom stereocenters. The summed E-state index contributed by atoms with van der Waals surface area (Å²) in [6.07, 6.45) is 2.38. The van der Waals surface area contributed by atoms with Gasteiger partial charge in [-0.2, -0.15) is 0 Å². The van der Waals surface area contributed by atoms with Gasteiger partial charge >= 0.3 is 0 Å². The van der Waals surface area contributed by atoms with Crippen LogP contribution in [0.15, 0.2) is 29.3 Å². The normalized spacial score (nSPS) is 22.1. The van der Waals surface area contributed by atoms with Crippen LogP contribution in [0.25, 0.3) is 0 Å². The second-order valence-electron chi connectivity index (χ2n) is 6.92. The molecule has 0 aliphatic carbocycles. The SMILES string of the molecule is CCNC(=NCCNC(=O)c1ccccc1O)N1CCOC(C2CCCO2)C1.I. The van der Waals surface area contributed by atoms with Crippen LogP contribution in [0.2, 0.25) is 0 Å². The van der Waals surface area contributed by atoms with Crippen LogP contribution < -0.4 is 10.6 Å². The molecule has 0 bridgehead atoms. The average molecular weight is 518 g/mol. The molecule has 3 rings (SSSR count). The summed E-state index contributed by atoms with van der Waals surface area (Å²) < 4.78 is 11.7. The minimum Gasteiger partial charge on any atom is -0.507 e. The lowest BCUT2D eigenvalue weighted by atomic mass is 10.1. The molecule has 0 spiro atoms. The summed E-state index contributed by atoms with van der Waals surface area (Å²) in [5, 5.41) is 15.9. The van der Waals surface area contributed by atoms with Crippen LogP contribution in [0.5, 0.6) is 5.75 Å². The van der Waals surface area contributed by atoms with E-state index in [1.807, 2.05) is 6.92 Å². The molecular formula is C20H31IN4O4. The van der Waals surface area contributed by atoms with Crippen molar-refractivity contribution in [3.8, 4) is 5.75 Å². The molecule has 0 saturated carbocycles. The number of hydrogen-bond donors (Lipinski definition) is 3. The van der Waals surface area contributed by atoms with Gasteiger partial charge in [0.25, 0.3) is 5.91 Å². The molecule has 162 valence electrons. The largest absolute Gasteiger partial charge is 0.507 e. The van der Waals surface area contributed by atoms with Crippen molar-refractivity contribution in [2.24, 2.45) is 4.99 Å². The fourth-order valence-corrected chi connectivity index (χ4v) is 3.51. The van der Waals surface area contributed by atoms with Crippen molar-refractivity contribution in [3.05, 3.63) is 29.8 Å². The minimum absolute atomic E-state index is 0.